The van der Waals surface area contributed by atoms with Gasteiger partial charge in [0.25, 0.3) is 5.91 Å². The molecule has 2 aromatic carbocycles. The van der Waals surface area contributed by atoms with Crippen LogP contribution >= 0.6 is 11.8 Å². The summed E-state index contributed by atoms with van der Waals surface area (Å²) in [5.41, 5.74) is 2.61. The minimum absolute atomic E-state index is 0.0640. The molecule has 0 saturated carbocycles. The van der Waals surface area contributed by atoms with Crippen molar-refractivity contribution in [3.63, 3.8) is 0 Å². The summed E-state index contributed by atoms with van der Waals surface area (Å²) in [5, 5.41) is 3.03. The number of aromatic nitrogens is 1. The Hall–Kier alpha value is -2.83. The first-order valence-corrected chi connectivity index (χ1v) is 11.5. The van der Waals surface area contributed by atoms with Crippen LogP contribution in [-0.4, -0.2) is 29.4 Å². The molecule has 1 saturated heterocycles. The molecule has 1 unspecified atom stereocenters. The first-order chi connectivity index (χ1) is 15.3. The number of nitrogens with zero attached hydrogens (tertiary/aromatic N) is 1. The molecule has 3 aromatic rings. The van der Waals surface area contributed by atoms with E-state index in [0.717, 1.165) is 47.1 Å². The van der Waals surface area contributed by atoms with Crippen molar-refractivity contribution in [2.75, 3.05) is 12.4 Å². The van der Waals surface area contributed by atoms with Gasteiger partial charge in [-0.05, 0) is 54.8 Å². The van der Waals surface area contributed by atoms with Crippen LogP contribution in [0.25, 0.3) is 0 Å². The Bertz CT molecular complexity index is 974. The average Bonchev–Trinajstić information content (AvgIpc) is 3.35. The van der Waals surface area contributed by atoms with Crippen molar-refractivity contribution in [1.29, 1.82) is 0 Å². The number of nitrogens with one attached hydrogen (secondary N) is 1. The summed E-state index contributed by atoms with van der Waals surface area (Å²) in [6, 6.07) is 21.3. The minimum Gasteiger partial charge on any atom is -0.487 e. The lowest BCUT2D eigenvalue weighted by Gasteiger charge is -2.12. The SMILES string of the molecule is O=C(NCc1ccc(OCc2ccccn2)cc1)c1ccccc1SCC1CCCO1. The number of amides is 1. The summed E-state index contributed by atoms with van der Waals surface area (Å²) < 4.78 is 11.5. The van der Waals surface area contributed by atoms with Gasteiger partial charge in [-0.25, -0.2) is 0 Å². The predicted molar refractivity (Wildman–Crippen MR) is 122 cm³/mol. The van der Waals surface area contributed by atoms with Crippen molar-refractivity contribution >= 4 is 17.7 Å². The monoisotopic (exact) mass is 434 g/mol. The number of carbonyl (C=O) groups is 1. The Morgan fingerprint density at radius 2 is 1.94 bits per heavy atom. The van der Waals surface area contributed by atoms with E-state index in [1.54, 1.807) is 18.0 Å². The topological polar surface area (TPSA) is 60.5 Å². The molecule has 1 aliphatic rings. The van der Waals surface area contributed by atoms with E-state index in [1.807, 2.05) is 66.7 Å². The quantitative estimate of drug-likeness (QED) is 0.487. The zero-order valence-corrected chi connectivity index (χ0v) is 18.1. The lowest BCUT2D eigenvalue weighted by Crippen LogP contribution is -2.23. The molecule has 6 heteroatoms. The normalized spacial score (nSPS) is 15.5. The van der Waals surface area contributed by atoms with E-state index in [-0.39, 0.29) is 5.91 Å². The van der Waals surface area contributed by atoms with Crippen LogP contribution in [0.1, 0.15) is 34.5 Å². The third-order valence-corrected chi connectivity index (χ3v) is 6.28. The predicted octanol–water partition coefficient (Wildman–Crippen LogP) is 4.86. The van der Waals surface area contributed by atoms with Crippen LogP contribution in [0, 0.1) is 0 Å². The second kappa shape index (κ2) is 11.0. The molecule has 1 fully saturated rings. The van der Waals surface area contributed by atoms with Gasteiger partial charge in [-0.1, -0.05) is 30.3 Å². The molecule has 4 rings (SSSR count). The van der Waals surface area contributed by atoms with Gasteiger partial charge in [-0.15, -0.1) is 11.8 Å². The van der Waals surface area contributed by atoms with Gasteiger partial charge in [0, 0.05) is 30.0 Å². The van der Waals surface area contributed by atoms with Crippen molar-refractivity contribution in [2.45, 2.75) is 37.0 Å². The fraction of sp³-hybridized carbons (Fsp3) is 0.280. The van der Waals surface area contributed by atoms with Crippen LogP contribution < -0.4 is 10.1 Å². The fourth-order valence-corrected chi connectivity index (χ4v) is 4.48. The number of hydrogen-bond donors (Lipinski definition) is 1. The second-order valence-corrected chi connectivity index (χ2v) is 8.44. The van der Waals surface area contributed by atoms with Crippen LogP contribution in [-0.2, 0) is 17.9 Å². The molecule has 0 radical (unpaired) electrons. The fourth-order valence-electron chi connectivity index (χ4n) is 3.36. The number of carbonyl (C=O) groups excluding carboxylic acids is 1. The van der Waals surface area contributed by atoms with Crippen molar-refractivity contribution < 1.29 is 14.3 Å². The van der Waals surface area contributed by atoms with E-state index >= 15 is 0 Å². The smallest absolute Gasteiger partial charge is 0.252 e. The Morgan fingerprint density at radius 1 is 1.10 bits per heavy atom. The highest BCUT2D eigenvalue weighted by atomic mass is 32.2. The van der Waals surface area contributed by atoms with Gasteiger partial charge in [-0.2, -0.15) is 0 Å². The summed E-state index contributed by atoms with van der Waals surface area (Å²) in [5.74, 6) is 1.59. The third kappa shape index (κ3) is 6.32. The van der Waals surface area contributed by atoms with E-state index in [4.69, 9.17) is 9.47 Å². The van der Waals surface area contributed by atoms with E-state index < -0.39 is 0 Å². The molecule has 1 aliphatic heterocycles. The van der Waals surface area contributed by atoms with Crippen LogP contribution in [0.3, 0.4) is 0 Å². The lowest BCUT2D eigenvalue weighted by molar-refractivity contribution is 0.0948. The van der Waals surface area contributed by atoms with Crippen LogP contribution in [0.5, 0.6) is 5.75 Å². The molecule has 1 atom stereocenters. The van der Waals surface area contributed by atoms with Crippen molar-refractivity contribution in [3.05, 3.63) is 89.7 Å². The molecule has 160 valence electrons. The zero-order chi connectivity index (χ0) is 21.3. The lowest BCUT2D eigenvalue weighted by atomic mass is 10.2. The highest BCUT2D eigenvalue weighted by Crippen LogP contribution is 2.27. The minimum atomic E-state index is -0.0640. The second-order valence-electron chi connectivity index (χ2n) is 7.38. The summed E-state index contributed by atoms with van der Waals surface area (Å²) in [6.07, 6.45) is 4.27. The standard InChI is InChI=1S/C25H26N2O3S/c28-25(23-8-1-2-9-24(23)31-18-22-7-5-15-29-22)27-16-19-10-12-21(13-11-19)30-17-20-6-3-4-14-26-20/h1-4,6,8-14,22H,5,7,15-18H2,(H,27,28). The Morgan fingerprint density at radius 3 is 2.71 bits per heavy atom. The maximum atomic E-state index is 12.8. The summed E-state index contributed by atoms with van der Waals surface area (Å²) >= 11 is 1.69. The molecule has 31 heavy (non-hydrogen) atoms. The summed E-state index contributed by atoms with van der Waals surface area (Å²) in [6.45, 7) is 1.74. The Balaban J connectivity index is 1.28. The van der Waals surface area contributed by atoms with Crippen molar-refractivity contribution in [1.82, 2.24) is 10.3 Å². The van der Waals surface area contributed by atoms with Gasteiger partial charge in [0.15, 0.2) is 0 Å². The number of ether oxygens (including phenoxy) is 2. The van der Waals surface area contributed by atoms with E-state index in [9.17, 15) is 4.79 Å². The van der Waals surface area contributed by atoms with Crippen molar-refractivity contribution in [3.8, 4) is 5.75 Å². The number of pyridine rings is 1. The number of benzene rings is 2. The van der Waals surface area contributed by atoms with E-state index in [2.05, 4.69) is 10.3 Å². The molecule has 5 nitrogen and oxygen atoms in total. The molecule has 2 heterocycles. The van der Waals surface area contributed by atoms with Gasteiger partial charge < -0.3 is 14.8 Å². The number of hydrogen-bond acceptors (Lipinski definition) is 5. The van der Waals surface area contributed by atoms with Gasteiger partial charge in [0.2, 0.25) is 0 Å². The Labute approximate surface area is 187 Å². The molecular weight excluding hydrogens is 408 g/mol. The number of rotatable bonds is 9. The molecule has 1 N–H and O–H groups in total. The van der Waals surface area contributed by atoms with Gasteiger partial charge >= 0.3 is 0 Å². The average molecular weight is 435 g/mol. The van der Waals surface area contributed by atoms with Crippen LogP contribution in [0.4, 0.5) is 0 Å². The molecule has 0 aliphatic carbocycles. The highest BCUT2D eigenvalue weighted by Gasteiger charge is 2.17. The molecule has 1 aromatic heterocycles. The summed E-state index contributed by atoms with van der Waals surface area (Å²) in [4.78, 5) is 18.0. The first kappa shape index (κ1) is 21.4. The maximum Gasteiger partial charge on any atom is 0.252 e. The first-order valence-electron chi connectivity index (χ1n) is 10.5. The highest BCUT2D eigenvalue weighted by molar-refractivity contribution is 7.99. The molecular formula is C25H26N2O3S. The molecule has 0 spiro atoms. The zero-order valence-electron chi connectivity index (χ0n) is 17.3. The molecule has 0 bridgehead atoms. The van der Waals surface area contributed by atoms with Crippen molar-refractivity contribution in [2.24, 2.45) is 0 Å². The van der Waals surface area contributed by atoms with Crippen LogP contribution in [0.2, 0.25) is 0 Å². The maximum absolute atomic E-state index is 12.8. The third-order valence-electron chi connectivity index (χ3n) is 5.07. The largest absolute Gasteiger partial charge is 0.487 e. The van der Waals surface area contributed by atoms with Gasteiger partial charge in [0.1, 0.15) is 12.4 Å². The Kier molecular flexibility index (Phi) is 7.58. The van der Waals surface area contributed by atoms with Crippen LogP contribution in [0.15, 0.2) is 77.8 Å². The van der Waals surface area contributed by atoms with Gasteiger partial charge in [0.05, 0.1) is 17.4 Å². The van der Waals surface area contributed by atoms with E-state index in [1.165, 1.54) is 0 Å². The number of thioether (sulfide) groups is 1. The van der Waals surface area contributed by atoms with Gasteiger partial charge in [-0.3, -0.25) is 9.78 Å². The summed E-state index contributed by atoms with van der Waals surface area (Å²) in [7, 11) is 0. The molecule has 1 amide bonds. The van der Waals surface area contributed by atoms with E-state index in [0.29, 0.717) is 24.8 Å².